The summed E-state index contributed by atoms with van der Waals surface area (Å²) < 4.78 is 0. The zero-order valence-electron chi connectivity index (χ0n) is 9.01. The van der Waals surface area contributed by atoms with Crippen molar-refractivity contribution in [2.24, 2.45) is 17.8 Å². The van der Waals surface area contributed by atoms with Crippen LogP contribution in [0.2, 0.25) is 0 Å². The molecule has 0 aromatic rings. The lowest BCUT2D eigenvalue weighted by molar-refractivity contribution is 0.301. The average molecular weight is 169 g/mol. The highest BCUT2D eigenvalue weighted by Crippen LogP contribution is 2.31. The van der Waals surface area contributed by atoms with Crippen LogP contribution in [0.15, 0.2) is 0 Å². The Balaban J connectivity index is 2.47. The Labute approximate surface area is 77.1 Å². The molecule has 0 radical (unpaired) electrons. The maximum atomic E-state index is 2.49. The number of nitrogens with zero attached hydrogens (tertiary/aromatic N) is 1. The van der Waals surface area contributed by atoms with Gasteiger partial charge in [0.2, 0.25) is 0 Å². The molecule has 0 amide bonds. The van der Waals surface area contributed by atoms with Gasteiger partial charge in [-0.05, 0) is 31.2 Å². The largest absolute Gasteiger partial charge is 0.306 e. The third-order valence-corrected chi connectivity index (χ3v) is 3.19. The minimum absolute atomic E-state index is 0.867. The van der Waals surface area contributed by atoms with E-state index in [-0.39, 0.29) is 0 Å². The van der Waals surface area contributed by atoms with Crippen LogP contribution in [-0.4, -0.2) is 25.0 Å². The molecule has 0 saturated carbocycles. The van der Waals surface area contributed by atoms with Gasteiger partial charge in [-0.15, -0.1) is 0 Å². The summed E-state index contributed by atoms with van der Waals surface area (Å²) in [6.07, 6.45) is 2.77. The second-order valence-corrected chi connectivity index (χ2v) is 4.68. The van der Waals surface area contributed by atoms with Crippen LogP contribution in [0.4, 0.5) is 0 Å². The van der Waals surface area contributed by atoms with Crippen molar-refractivity contribution in [3.05, 3.63) is 0 Å². The molecule has 1 fully saturated rings. The molecule has 1 heterocycles. The van der Waals surface area contributed by atoms with E-state index in [0.29, 0.717) is 0 Å². The van der Waals surface area contributed by atoms with Gasteiger partial charge in [0.05, 0.1) is 0 Å². The van der Waals surface area contributed by atoms with Gasteiger partial charge >= 0.3 is 0 Å². The van der Waals surface area contributed by atoms with E-state index in [1.54, 1.807) is 0 Å². The highest BCUT2D eigenvalue weighted by atomic mass is 15.1. The number of hydrogen-bond donors (Lipinski definition) is 0. The second kappa shape index (κ2) is 4.27. The van der Waals surface area contributed by atoms with E-state index < -0.39 is 0 Å². The topological polar surface area (TPSA) is 3.24 Å². The van der Waals surface area contributed by atoms with Crippen molar-refractivity contribution in [3.63, 3.8) is 0 Å². The van der Waals surface area contributed by atoms with Crippen LogP contribution in [0.25, 0.3) is 0 Å². The summed E-state index contributed by atoms with van der Waals surface area (Å²) in [7, 11) is 2.26. The Morgan fingerprint density at radius 2 is 2.00 bits per heavy atom. The van der Waals surface area contributed by atoms with Crippen molar-refractivity contribution in [3.8, 4) is 0 Å². The normalized spacial score (nSPS) is 31.8. The molecule has 1 saturated heterocycles. The van der Waals surface area contributed by atoms with Crippen molar-refractivity contribution >= 4 is 0 Å². The second-order valence-electron chi connectivity index (χ2n) is 4.68. The van der Waals surface area contributed by atoms with E-state index in [1.165, 1.54) is 25.9 Å². The van der Waals surface area contributed by atoms with Gasteiger partial charge in [-0.25, -0.2) is 0 Å². The molecular weight excluding hydrogens is 146 g/mol. The highest BCUT2D eigenvalue weighted by molar-refractivity contribution is 4.83. The predicted molar refractivity (Wildman–Crippen MR) is 54.2 cm³/mol. The van der Waals surface area contributed by atoms with E-state index >= 15 is 0 Å². The molecule has 0 bridgehead atoms. The first-order chi connectivity index (χ1) is 5.65. The van der Waals surface area contributed by atoms with Crippen LogP contribution >= 0.6 is 0 Å². The van der Waals surface area contributed by atoms with Gasteiger partial charge in [0.1, 0.15) is 0 Å². The molecular formula is C11H23N. The SMILES string of the molecule is CCCC1CN(C)CC1C(C)C. The Bertz CT molecular complexity index is 131. The minimum atomic E-state index is 0.867. The van der Waals surface area contributed by atoms with Gasteiger partial charge in [0, 0.05) is 13.1 Å². The summed E-state index contributed by atoms with van der Waals surface area (Å²) >= 11 is 0. The lowest BCUT2D eigenvalue weighted by Gasteiger charge is -2.21. The fourth-order valence-corrected chi connectivity index (χ4v) is 2.55. The Kier molecular flexibility index (Phi) is 3.57. The summed E-state index contributed by atoms with van der Waals surface area (Å²) in [6, 6.07) is 0. The Hall–Kier alpha value is -0.0400. The van der Waals surface area contributed by atoms with Gasteiger partial charge in [-0.1, -0.05) is 27.2 Å². The molecule has 0 aliphatic carbocycles. The van der Waals surface area contributed by atoms with Crippen LogP contribution < -0.4 is 0 Å². The van der Waals surface area contributed by atoms with Gasteiger partial charge in [0.25, 0.3) is 0 Å². The van der Waals surface area contributed by atoms with Crippen LogP contribution in [0.3, 0.4) is 0 Å². The van der Waals surface area contributed by atoms with E-state index in [4.69, 9.17) is 0 Å². The summed E-state index contributed by atoms with van der Waals surface area (Å²) in [5.74, 6) is 2.79. The van der Waals surface area contributed by atoms with Crippen molar-refractivity contribution in [2.45, 2.75) is 33.6 Å². The first-order valence-electron chi connectivity index (χ1n) is 5.33. The quantitative estimate of drug-likeness (QED) is 0.628. The third kappa shape index (κ3) is 2.22. The smallest absolute Gasteiger partial charge is 0.00123 e. The van der Waals surface area contributed by atoms with Crippen molar-refractivity contribution < 1.29 is 0 Å². The average Bonchev–Trinajstić information content (AvgIpc) is 2.32. The van der Waals surface area contributed by atoms with E-state index in [0.717, 1.165) is 17.8 Å². The van der Waals surface area contributed by atoms with Crippen molar-refractivity contribution in [1.82, 2.24) is 4.90 Å². The maximum Gasteiger partial charge on any atom is 0.00123 e. The van der Waals surface area contributed by atoms with Crippen molar-refractivity contribution in [2.75, 3.05) is 20.1 Å². The Morgan fingerprint density at radius 1 is 1.33 bits per heavy atom. The maximum absolute atomic E-state index is 2.49. The number of hydrogen-bond acceptors (Lipinski definition) is 1. The van der Waals surface area contributed by atoms with Gasteiger partial charge < -0.3 is 4.90 Å². The molecule has 1 rings (SSSR count). The Morgan fingerprint density at radius 3 is 2.50 bits per heavy atom. The fraction of sp³-hybridized carbons (Fsp3) is 1.00. The molecule has 0 aromatic heterocycles. The van der Waals surface area contributed by atoms with Gasteiger partial charge in [-0.3, -0.25) is 0 Å². The lowest BCUT2D eigenvalue weighted by Crippen LogP contribution is -2.18. The monoisotopic (exact) mass is 169 g/mol. The van der Waals surface area contributed by atoms with Crippen LogP contribution in [0.1, 0.15) is 33.6 Å². The molecule has 2 atom stereocenters. The zero-order chi connectivity index (χ0) is 9.14. The molecule has 1 nitrogen and oxygen atoms in total. The van der Waals surface area contributed by atoms with Gasteiger partial charge in [0.15, 0.2) is 0 Å². The first kappa shape index (κ1) is 10.0. The van der Waals surface area contributed by atoms with Crippen LogP contribution in [-0.2, 0) is 0 Å². The lowest BCUT2D eigenvalue weighted by atomic mass is 9.84. The summed E-state index contributed by atoms with van der Waals surface area (Å²) in [6.45, 7) is 9.69. The summed E-state index contributed by atoms with van der Waals surface area (Å²) in [5, 5.41) is 0. The minimum Gasteiger partial charge on any atom is -0.306 e. The first-order valence-corrected chi connectivity index (χ1v) is 5.33. The summed E-state index contributed by atoms with van der Waals surface area (Å²) in [4.78, 5) is 2.49. The molecule has 12 heavy (non-hydrogen) atoms. The number of rotatable bonds is 3. The molecule has 1 aliphatic rings. The predicted octanol–water partition coefficient (Wildman–Crippen LogP) is 2.62. The standard InChI is InChI=1S/C11H23N/c1-5-6-10-7-12(4)8-11(10)9(2)3/h9-11H,5-8H2,1-4H3. The number of likely N-dealkylation sites (tertiary alicyclic amines) is 1. The molecule has 1 aliphatic heterocycles. The molecule has 0 aromatic carbocycles. The van der Waals surface area contributed by atoms with Crippen molar-refractivity contribution in [1.29, 1.82) is 0 Å². The zero-order valence-corrected chi connectivity index (χ0v) is 9.01. The van der Waals surface area contributed by atoms with E-state index in [9.17, 15) is 0 Å². The third-order valence-electron chi connectivity index (χ3n) is 3.19. The van der Waals surface area contributed by atoms with Crippen LogP contribution in [0, 0.1) is 17.8 Å². The molecule has 0 spiro atoms. The van der Waals surface area contributed by atoms with E-state index in [1.807, 2.05) is 0 Å². The molecule has 0 N–H and O–H groups in total. The van der Waals surface area contributed by atoms with Crippen LogP contribution in [0.5, 0.6) is 0 Å². The highest BCUT2D eigenvalue weighted by Gasteiger charge is 2.31. The summed E-state index contributed by atoms with van der Waals surface area (Å²) in [5.41, 5.74) is 0. The molecule has 1 heteroatoms. The molecule has 2 unspecified atom stereocenters. The van der Waals surface area contributed by atoms with Gasteiger partial charge in [-0.2, -0.15) is 0 Å². The fourth-order valence-electron chi connectivity index (χ4n) is 2.55. The molecule has 72 valence electrons. The van der Waals surface area contributed by atoms with E-state index in [2.05, 4.69) is 32.7 Å².